The van der Waals surface area contributed by atoms with E-state index in [1.54, 1.807) is 0 Å². The van der Waals surface area contributed by atoms with Gasteiger partial charge in [0.2, 0.25) is 5.91 Å². The third-order valence-electron chi connectivity index (χ3n) is 5.93. The number of aryl methyl sites for hydroxylation is 1. The quantitative estimate of drug-likeness (QED) is 0.896. The lowest BCUT2D eigenvalue weighted by atomic mass is 9.85. The van der Waals surface area contributed by atoms with Crippen molar-refractivity contribution in [1.29, 1.82) is 0 Å². The van der Waals surface area contributed by atoms with Gasteiger partial charge in [-0.15, -0.1) is 0 Å². The number of likely N-dealkylation sites (tertiary alicyclic amines) is 1. The van der Waals surface area contributed by atoms with E-state index < -0.39 is 0 Å². The van der Waals surface area contributed by atoms with Crippen molar-refractivity contribution in [2.75, 3.05) is 19.6 Å². The van der Waals surface area contributed by atoms with Crippen molar-refractivity contribution in [2.24, 2.45) is 11.8 Å². The van der Waals surface area contributed by atoms with Crippen LogP contribution in [0.2, 0.25) is 0 Å². The van der Waals surface area contributed by atoms with Crippen molar-refractivity contribution in [2.45, 2.75) is 58.4 Å². The SMILES string of the molecule is Cc1ccc(CC2CCCN2C(=O)CC(C)C2CCCNC2)cc1. The monoisotopic (exact) mass is 328 g/mol. The van der Waals surface area contributed by atoms with Crippen molar-refractivity contribution in [3.05, 3.63) is 35.4 Å². The van der Waals surface area contributed by atoms with E-state index >= 15 is 0 Å². The molecule has 2 aliphatic heterocycles. The molecule has 3 unspecified atom stereocenters. The number of benzene rings is 1. The van der Waals surface area contributed by atoms with Gasteiger partial charge in [-0.2, -0.15) is 0 Å². The molecule has 1 N–H and O–H groups in total. The number of carbonyl (C=O) groups is 1. The van der Waals surface area contributed by atoms with Crippen molar-refractivity contribution in [1.82, 2.24) is 10.2 Å². The molecule has 0 bridgehead atoms. The van der Waals surface area contributed by atoms with Crippen LogP contribution in [-0.2, 0) is 11.2 Å². The second kappa shape index (κ2) is 8.15. The molecule has 0 aromatic heterocycles. The Bertz CT molecular complexity index is 533. The molecule has 0 saturated carbocycles. The number of amides is 1. The zero-order valence-electron chi connectivity index (χ0n) is 15.3. The van der Waals surface area contributed by atoms with Gasteiger partial charge in [-0.1, -0.05) is 36.8 Å². The fourth-order valence-electron chi connectivity index (χ4n) is 4.30. The molecule has 24 heavy (non-hydrogen) atoms. The summed E-state index contributed by atoms with van der Waals surface area (Å²) in [5, 5.41) is 3.48. The van der Waals surface area contributed by atoms with Crippen LogP contribution >= 0.6 is 0 Å². The standard InChI is InChI=1S/C21H32N2O/c1-16-7-9-18(10-8-16)14-20-6-4-12-23(20)21(24)13-17(2)19-5-3-11-22-15-19/h7-10,17,19-20,22H,3-6,11-15H2,1-2H3. The predicted octanol–water partition coefficient (Wildman–Crippen LogP) is 3.55. The Morgan fingerprint density at radius 2 is 2.04 bits per heavy atom. The first-order valence-electron chi connectivity index (χ1n) is 9.69. The number of carbonyl (C=O) groups excluding carboxylic acids is 1. The molecular formula is C21H32N2O. The van der Waals surface area contributed by atoms with Crippen molar-refractivity contribution in [3.8, 4) is 0 Å². The zero-order valence-corrected chi connectivity index (χ0v) is 15.3. The number of nitrogens with zero attached hydrogens (tertiary/aromatic N) is 1. The number of hydrogen-bond donors (Lipinski definition) is 1. The van der Waals surface area contributed by atoms with Gasteiger partial charge in [0.1, 0.15) is 0 Å². The van der Waals surface area contributed by atoms with Crippen LogP contribution in [0.15, 0.2) is 24.3 Å². The first kappa shape index (κ1) is 17.5. The summed E-state index contributed by atoms with van der Waals surface area (Å²) in [4.78, 5) is 15.0. The number of nitrogens with one attached hydrogen (secondary N) is 1. The van der Waals surface area contributed by atoms with E-state index in [0.29, 0.717) is 23.8 Å². The van der Waals surface area contributed by atoms with Crippen LogP contribution in [0.1, 0.15) is 50.2 Å². The van der Waals surface area contributed by atoms with Gasteiger partial charge in [0.05, 0.1) is 0 Å². The molecule has 3 nitrogen and oxygen atoms in total. The highest BCUT2D eigenvalue weighted by Gasteiger charge is 2.31. The largest absolute Gasteiger partial charge is 0.339 e. The van der Waals surface area contributed by atoms with Gasteiger partial charge in [0.15, 0.2) is 0 Å². The van der Waals surface area contributed by atoms with Crippen LogP contribution in [0.4, 0.5) is 0 Å². The Balaban J connectivity index is 1.55. The zero-order chi connectivity index (χ0) is 16.9. The summed E-state index contributed by atoms with van der Waals surface area (Å²) in [7, 11) is 0. The average molecular weight is 329 g/mol. The maximum absolute atomic E-state index is 12.9. The van der Waals surface area contributed by atoms with E-state index in [4.69, 9.17) is 0 Å². The summed E-state index contributed by atoms with van der Waals surface area (Å²) in [5.74, 6) is 1.54. The summed E-state index contributed by atoms with van der Waals surface area (Å²) in [5.41, 5.74) is 2.66. The maximum atomic E-state index is 12.9. The second-order valence-corrected chi connectivity index (χ2v) is 7.86. The molecule has 1 aromatic rings. The normalized spacial score (nSPS) is 25.7. The minimum atomic E-state index is 0.377. The van der Waals surface area contributed by atoms with Crippen LogP contribution in [0.25, 0.3) is 0 Å². The smallest absolute Gasteiger partial charge is 0.223 e. The van der Waals surface area contributed by atoms with E-state index in [9.17, 15) is 4.79 Å². The second-order valence-electron chi connectivity index (χ2n) is 7.86. The highest BCUT2D eigenvalue weighted by molar-refractivity contribution is 5.77. The summed E-state index contributed by atoms with van der Waals surface area (Å²) >= 11 is 0. The van der Waals surface area contributed by atoms with E-state index in [1.807, 2.05) is 0 Å². The third kappa shape index (κ3) is 4.38. The molecule has 0 spiro atoms. The molecule has 3 rings (SSSR count). The van der Waals surface area contributed by atoms with Gasteiger partial charge < -0.3 is 10.2 Å². The van der Waals surface area contributed by atoms with Gasteiger partial charge in [-0.05, 0) is 69.5 Å². The molecule has 2 saturated heterocycles. The Morgan fingerprint density at radius 3 is 2.75 bits per heavy atom. The van der Waals surface area contributed by atoms with Crippen LogP contribution in [-0.4, -0.2) is 36.5 Å². The molecule has 3 heteroatoms. The van der Waals surface area contributed by atoms with Crippen molar-refractivity contribution < 1.29 is 4.79 Å². The van der Waals surface area contributed by atoms with Crippen LogP contribution in [0.3, 0.4) is 0 Å². The molecule has 0 radical (unpaired) electrons. The maximum Gasteiger partial charge on any atom is 0.223 e. The van der Waals surface area contributed by atoms with E-state index in [2.05, 4.69) is 48.3 Å². The molecular weight excluding hydrogens is 296 g/mol. The molecule has 2 heterocycles. The summed E-state index contributed by atoms with van der Waals surface area (Å²) in [6.45, 7) is 7.56. The van der Waals surface area contributed by atoms with Crippen LogP contribution in [0, 0.1) is 18.8 Å². The summed E-state index contributed by atoms with van der Waals surface area (Å²) in [6.07, 6.45) is 6.56. The van der Waals surface area contributed by atoms with Crippen molar-refractivity contribution in [3.63, 3.8) is 0 Å². The minimum absolute atomic E-state index is 0.377. The number of hydrogen-bond acceptors (Lipinski definition) is 2. The van der Waals surface area contributed by atoms with Gasteiger partial charge in [-0.25, -0.2) is 0 Å². The molecule has 3 atom stereocenters. The Hall–Kier alpha value is -1.35. The van der Waals surface area contributed by atoms with Gasteiger partial charge in [0.25, 0.3) is 0 Å². The molecule has 0 aliphatic carbocycles. The molecule has 1 amide bonds. The highest BCUT2D eigenvalue weighted by Crippen LogP contribution is 2.27. The Kier molecular flexibility index (Phi) is 5.94. The fourth-order valence-corrected chi connectivity index (χ4v) is 4.30. The summed E-state index contributed by atoms with van der Waals surface area (Å²) < 4.78 is 0. The molecule has 1 aromatic carbocycles. The third-order valence-corrected chi connectivity index (χ3v) is 5.93. The van der Waals surface area contributed by atoms with Gasteiger partial charge in [0, 0.05) is 19.0 Å². The van der Waals surface area contributed by atoms with Crippen LogP contribution < -0.4 is 5.32 Å². The number of piperidine rings is 1. The Labute approximate surface area is 146 Å². The molecule has 132 valence electrons. The van der Waals surface area contributed by atoms with E-state index in [1.165, 1.54) is 24.0 Å². The van der Waals surface area contributed by atoms with E-state index in [0.717, 1.165) is 45.3 Å². The summed E-state index contributed by atoms with van der Waals surface area (Å²) in [6, 6.07) is 9.18. The minimum Gasteiger partial charge on any atom is -0.339 e. The molecule has 2 aliphatic rings. The van der Waals surface area contributed by atoms with Gasteiger partial charge in [-0.3, -0.25) is 4.79 Å². The number of rotatable bonds is 5. The average Bonchev–Trinajstić information content (AvgIpc) is 3.06. The topological polar surface area (TPSA) is 32.3 Å². The van der Waals surface area contributed by atoms with E-state index in [-0.39, 0.29) is 0 Å². The highest BCUT2D eigenvalue weighted by atomic mass is 16.2. The lowest BCUT2D eigenvalue weighted by Crippen LogP contribution is -2.40. The van der Waals surface area contributed by atoms with Gasteiger partial charge >= 0.3 is 0 Å². The van der Waals surface area contributed by atoms with Crippen LogP contribution in [0.5, 0.6) is 0 Å². The predicted molar refractivity (Wildman–Crippen MR) is 99.0 cm³/mol. The lowest BCUT2D eigenvalue weighted by molar-refractivity contribution is -0.133. The Morgan fingerprint density at radius 1 is 1.25 bits per heavy atom. The van der Waals surface area contributed by atoms with Crippen molar-refractivity contribution >= 4 is 5.91 Å². The molecule has 2 fully saturated rings. The first-order chi connectivity index (χ1) is 11.6. The fraction of sp³-hybridized carbons (Fsp3) is 0.667. The lowest BCUT2D eigenvalue weighted by Gasteiger charge is -2.31. The first-order valence-corrected chi connectivity index (χ1v) is 9.69.